The summed E-state index contributed by atoms with van der Waals surface area (Å²) in [6, 6.07) is 0. The van der Waals surface area contributed by atoms with E-state index in [0.717, 1.165) is 0 Å². The summed E-state index contributed by atoms with van der Waals surface area (Å²) in [5.41, 5.74) is 0. The van der Waals surface area contributed by atoms with Crippen LogP contribution < -0.4 is 0 Å². The maximum Gasteiger partial charge on any atom is 0.0550 e. The predicted octanol–water partition coefficient (Wildman–Crippen LogP) is 1.24. The van der Waals surface area contributed by atoms with Crippen molar-refractivity contribution in [2.75, 3.05) is 6.61 Å². The van der Waals surface area contributed by atoms with E-state index in [1.54, 1.807) is 17.2 Å². The quantitative estimate of drug-likeness (QED) is 0.601. The average molecular weight is 118 g/mol. The van der Waals surface area contributed by atoms with Crippen LogP contribution in [0.2, 0.25) is 0 Å². The van der Waals surface area contributed by atoms with Gasteiger partial charge in [0.25, 0.3) is 0 Å². The van der Waals surface area contributed by atoms with Gasteiger partial charge < -0.3 is 5.11 Å². The summed E-state index contributed by atoms with van der Waals surface area (Å²) in [6.45, 7) is 5.68. The van der Waals surface area contributed by atoms with Gasteiger partial charge in [-0.15, -0.1) is 11.8 Å². The van der Waals surface area contributed by atoms with Gasteiger partial charge in [-0.25, -0.2) is 0 Å². The maximum atomic E-state index is 8.40. The number of hydrogen-bond donors (Lipinski definition) is 1. The highest BCUT2D eigenvalue weighted by molar-refractivity contribution is 8.02. The van der Waals surface area contributed by atoms with Gasteiger partial charge in [-0.2, -0.15) is 0 Å². The van der Waals surface area contributed by atoms with E-state index in [-0.39, 0.29) is 6.61 Å². The molecule has 0 fully saturated rings. The van der Waals surface area contributed by atoms with E-state index in [4.69, 9.17) is 5.11 Å². The highest BCUT2D eigenvalue weighted by Crippen LogP contribution is 2.07. The van der Waals surface area contributed by atoms with Gasteiger partial charge in [0.05, 0.1) is 6.61 Å². The summed E-state index contributed by atoms with van der Waals surface area (Å²) in [5, 5.41) is 10.4. The molecule has 42 valence electrons. The maximum absolute atomic E-state index is 8.40. The first-order valence-corrected chi connectivity index (χ1v) is 3.12. The van der Waals surface area contributed by atoms with E-state index in [2.05, 4.69) is 6.58 Å². The summed E-state index contributed by atoms with van der Waals surface area (Å²) in [4.78, 5) is 0. The zero-order valence-corrected chi connectivity index (χ0v) is 5.24. The van der Waals surface area contributed by atoms with Gasteiger partial charge in [0, 0.05) is 5.25 Å². The third kappa shape index (κ3) is 3.89. The number of thioether (sulfide) groups is 1. The fraction of sp³-hybridized carbons (Fsp3) is 0.600. The zero-order chi connectivity index (χ0) is 5.70. The molecule has 2 heteroatoms. The van der Waals surface area contributed by atoms with E-state index in [1.165, 1.54) is 0 Å². The Morgan fingerprint density at radius 1 is 2.00 bits per heavy atom. The molecular formula is C5H10OS. The molecule has 7 heavy (non-hydrogen) atoms. The molecule has 0 bridgehead atoms. The van der Waals surface area contributed by atoms with Crippen LogP contribution in [0, 0.1) is 0 Å². The van der Waals surface area contributed by atoms with Crippen LogP contribution in [0.5, 0.6) is 0 Å². The van der Waals surface area contributed by atoms with Crippen molar-refractivity contribution in [2.24, 2.45) is 0 Å². The van der Waals surface area contributed by atoms with E-state index in [9.17, 15) is 0 Å². The summed E-state index contributed by atoms with van der Waals surface area (Å²) in [6.07, 6.45) is 0. The van der Waals surface area contributed by atoms with Crippen molar-refractivity contribution in [1.29, 1.82) is 0 Å². The smallest absolute Gasteiger partial charge is 0.0550 e. The molecule has 1 nitrogen and oxygen atoms in total. The van der Waals surface area contributed by atoms with Crippen LogP contribution >= 0.6 is 11.8 Å². The van der Waals surface area contributed by atoms with Gasteiger partial charge in [-0.05, 0) is 5.41 Å². The zero-order valence-electron chi connectivity index (χ0n) is 4.42. The first kappa shape index (κ1) is 7.05. The standard InChI is InChI=1S/C5H10OS/c1-3-7-5(2)4-6/h3,5-6H,1,4H2,2H3. The second-order valence-corrected chi connectivity index (χ2v) is 2.71. The van der Waals surface area contributed by atoms with Gasteiger partial charge in [0.2, 0.25) is 0 Å². The van der Waals surface area contributed by atoms with Crippen LogP contribution in [0.15, 0.2) is 12.0 Å². The first-order valence-electron chi connectivity index (χ1n) is 2.18. The van der Waals surface area contributed by atoms with Crippen LogP contribution in [0.25, 0.3) is 0 Å². The average Bonchev–Trinajstić information content (AvgIpc) is 1.68. The summed E-state index contributed by atoms with van der Waals surface area (Å²) >= 11 is 1.55. The molecule has 0 aromatic rings. The third-order valence-electron chi connectivity index (χ3n) is 0.586. The normalized spacial score (nSPS) is 13.4. The molecule has 0 aromatic carbocycles. The molecule has 0 heterocycles. The van der Waals surface area contributed by atoms with Crippen molar-refractivity contribution in [1.82, 2.24) is 0 Å². The Morgan fingerprint density at radius 3 is 2.71 bits per heavy atom. The van der Waals surface area contributed by atoms with Gasteiger partial charge >= 0.3 is 0 Å². The van der Waals surface area contributed by atoms with Crippen molar-refractivity contribution >= 4 is 11.8 Å². The van der Waals surface area contributed by atoms with Crippen LogP contribution in [0.1, 0.15) is 6.92 Å². The molecule has 0 saturated heterocycles. The second-order valence-electron chi connectivity index (χ2n) is 1.30. The number of rotatable bonds is 3. The van der Waals surface area contributed by atoms with E-state index in [0.29, 0.717) is 5.25 Å². The molecule has 0 spiro atoms. The van der Waals surface area contributed by atoms with Gasteiger partial charge in [-0.3, -0.25) is 0 Å². The van der Waals surface area contributed by atoms with Crippen LogP contribution in [-0.4, -0.2) is 17.0 Å². The first-order chi connectivity index (χ1) is 3.31. The van der Waals surface area contributed by atoms with E-state index in [1.807, 2.05) is 6.92 Å². The Hall–Kier alpha value is 0.0500. The highest BCUT2D eigenvalue weighted by Gasteiger charge is 1.92. The molecule has 0 saturated carbocycles. The summed E-state index contributed by atoms with van der Waals surface area (Å²) in [7, 11) is 0. The molecule has 0 amide bonds. The summed E-state index contributed by atoms with van der Waals surface area (Å²) in [5.74, 6) is 0. The fourth-order valence-electron chi connectivity index (χ4n) is 0.207. The monoisotopic (exact) mass is 118 g/mol. The van der Waals surface area contributed by atoms with Crippen molar-refractivity contribution in [3.8, 4) is 0 Å². The fourth-order valence-corrected chi connectivity index (χ4v) is 0.622. The SMILES string of the molecule is C=CSC(C)CO. The minimum absolute atomic E-state index is 0.233. The van der Waals surface area contributed by atoms with Crippen molar-refractivity contribution in [2.45, 2.75) is 12.2 Å². The Labute approximate surface area is 48.4 Å². The Bertz CT molecular complexity index is 54.0. The molecule has 0 radical (unpaired) electrons. The molecule has 0 aromatic heterocycles. The lowest BCUT2D eigenvalue weighted by molar-refractivity contribution is 0.300. The molecule has 1 unspecified atom stereocenters. The van der Waals surface area contributed by atoms with Gasteiger partial charge in [0.1, 0.15) is 0 Å². The second kappa shape index (κ2) is 4.22. The lowest BCUT2D eigenvalue weighted by atomic mass is 10.5. The number of hydrogen-bond acceptors (Lipinski definition) is 2. The highest BCUT2D eigenvalue weighted by atomic mass is 32.2. The van der Waals surface area contributed by atoms with E-state index < -0.39 is 0 Å². The Morgan fingerprint density at radius 2 is 2.57 bits per heavy atom. The lowest BCUT2D eigenvalue weighted by Gasteiger charge is -1.99. The van der Waals surface area contributed by atoms with Gasteiger partial charge in [0.15, 0.2) is 0 Å². The van der Waals surface area contributed by atoms with Crippen molar-refractivity contribution < 1.29 is 5.11 Å². The van der Waals surface area contributed by atoms with Crippen LogP contribution in [0.4, 0.5) is 0 Å². The number of aliphatic hydroxyl groups is 1. The minimum Gasteiger partial charge on any atom is -0.395 e. The topological polar surface area (TPSA) is 20.2 Å². The molecule has 0 aliphatic carbocycles. The van der Waals surface area contributed by atoms with Crippen LogP contribution in [0.3, 0.4) is 0 Å². The van der Waals surface area contributed by atoms with Crippen molar-refractivity contribution in [3.63, 3.8) is 0 Å². The van der Waals surface area contributed by atoms with Gasteiger partial charge in [-0.1, -0.05) is 13.5 Å². The summed E-state index contributed by atoms with van der Waals surface area (Å²) < 4.78 is 0. The Balaban J connectivity index is 2.98. The predicted molar refractivity (Wildman–Crippen MR) is 34.3 cm³/mol. The lowest BCUT2D eigenvalue weighted by Crippen LogP contribution is -1.99. The minimum atomic E-state index is 0.233. The molecular weight excluding hydrogens is 108 g/mol. The number of aliphatic hydroxyl groups excluding tert-OH is 1. The molecule has 1 atom stereocenters. The molecule has 0 aliphatic rings. The van der Waals surface area contributed by atoms with Crippen LogP contribution in [-0.2, 0) is 0 Å². The Kier molecular flexibility index (Phi) is 4.25. The molecule has 0 aliphatic heterocycles. The third-order valence-corrected chi connectivity index (χ3v) is 1.39. The molecule has 0 rings (SSSR count). The van der Waals surface area contributed by atoms with Crippen molar-refractivity contribution in [3.05, 3.63) is 12.0 Å². The van der Waals surface area contributed by atoms with E-state index >= 15 is 0 Å². The molecule has 1 N–H and O–H groups in total. The largest absolute Gasteiger partial charge is 0.395 e.